The Balaban J connectivity index is 1.41. The number of benzene rings is 1. The summed E-state index contributed by atoms with van der Waals surface area (Å²) in [6.45, 7) is 4.18. The van der Waals surface area contributed by atoms with E-state index >= 15 is 0 Å². The summed E-state index contributed by atoms with van der Waals surface area (Å²) < 4.78 is 21.3. The van der Waals surface area contributed by atoms with Crippen LogP contribution in [-0.4, -0.2) is 112 Å². The molecule has 12 nitrogen and oxygen atoms in total. The number of aliphatic hydroxyl groups excluding tert-OH is 2. The van der Waals surface area contributed by atoms with Crippen LogP contribution in [0.5, 0.6) is 11.5 Å². The molecule has 5 N–H and O–H groups in total. The molecule has 0 bridgehead atoms. The van der Waals surface area contributed by atoms with Crippen molar-refractivity contribution < 1.29 is 38.7 Å². The number of nitrogens with one attached hydrogen (secondary N) is 3. The van der Waals surface area contributed by atoms with Gasteiger partial charge in [-0.3, -0.25) is 9.69 Å². The SMILES string of the molecule is COc1cc(NC(=O)NC[C@H]2O[C@@H](CC(=O)NCCN3CCOCC3)[C@H](O)[C@@H]2O)cc(OC)c1. The van der Waals surface area contributed by atoms with Gasteiger partial charge in [0, 0.05) is 56.6 Å². The molecule has 0 aromatic heterocycles. The lowest BCUT2D eigenvalue weighted by molar-refractivity contribution is -0.125. The molecular weight excluding hydrogens is 448 g/mol. The summed E-state index contributed by atoms with van der Waals surface area (Å²) in [6.07, 6.45) is -4.28. The molecule has 3 rings (SSSR count). The van der Waals surface area contributed by atoms with Crippen molar-refractivity contribution in [3.63, 3.8) is 0 Å². The average molecular weight is 483 g/mol. The van der Waals surface area contributed by atoms with Gasteiger partial charge in [-0.05, 0) is 0 Å². The predicted octanol–water partition coefficient (Wildman–Crippen LogP) is -0.847. The van der Waals surface area contributed by atoms with E-state index in [0.717, 1.165) is 13.1 Å². The first kappa shape index (κ1) is 26.0. The van der Waals surface area contributed by atoms with Gasteiger partial charge in [-0.25, -0.2) is 4.79 Å². The van der Waals surface area contributed by atoms with E-state index < -0.39 is 30.4 Å². The Morgan fingerprint density at radius 1 is 1.03 bits per heavy atom. The molecule has 2 heterocycles. The summed E-state index contributed by atoms with van der Waals surface area (Å²) in [5.41, 5.74) is 0.452. The first-order valence-corrected chi connectivity index (χ1v) is 11.3. The molecule has 0 aliphatic carbocycles. The van der Waals surface area contributed by atoms with E-state index in [1.165, 1.54) is 14.2 Å². The van der Waals surface area contributed by atoms with Crippen molar-refractivity contribution in [2.75, 3.05) is 65.5 Å². The second-order valence-corrected chi connectivity index (χ2v) is 8.14. The van der Waals surface area contributed by atoms with Crippen molar-refractivity contribution in [1.29, 1.82) is 0 Å². The van der Waals surface area contributed by atoms with E-state index in [9.17, 15) is 19.8 Å². The summed E-state index contributed by atoms with van der Waals surface area (Å²) in [7, 11) is 3.01. The van der Waals surface area contributed by atoms with E-state index in [2.05, 4.69) is 20.9 Å². The van der Waals surface area contributed by atoms with Crippen LogP contribution in [0, 0.1) is 0 Å². The Kier molecular flexibility index (Phi) is 9.72. The highest BCUT2D eigenvalue weighted by atomic mass is 16.5. The van der Waals surface area contributed by atoms with Gasteiger partial charge >= 0.3 is 6.03 Å². The van der Waals surface area contributed by atoms with Crippen LogP contribution in [0.15, 0.2) is 18.2 Å². The van der Waals surface area contributed by atoms with Gasteiger partial charge in [-0.15, -0.1) is 0 Å². The van der Waals surface area contributed by atoms with Crippen molar-refractivity contribution in [1.82, 2.24) is 15.5 Å². The molecule has 2 saturated heterocycles. The lowest BCUT2D eigenvalue weighted by Gasteiger charge is -2.26. The fourth-order valence-electron chi connectivity index (χ4n) is 3.84. The van der Waals surface area contributed by atoms with Crippen LogP contribution in [-0.2, 0) is 14.3 Å². The zero-order valence-electron chi connectivity index (χ0n) is 19.5. The summed E-state index contributed by atoms with van der Waals surface area (Å²) in [4.78, 5) is 26.7. The van der Waals surface area contributed by atoms with E-state index in [0.29, 0.717) is 43.5 Å². The number of carbonyl (C=O) groups excluding carboxylic acids is 2. The number of rotatable bonds is 10. The molecule has 0 unspecified atom stereocenters. The maximum absolute atomic E-state index is 12.3. The number of methoxy groups -OCH3 is 2. The molecule has 2 aliphatic heterocycles. The smallest absolute Gasteiger partial charge is 0.319 e. The van der Waals surface area contributed by atoms with Crippen LogP contribution in [0.25, 0.3) is 0 Å². The van der Waals surface area contributed by atoms with E-state index in [-0.39, 0.29) is 18.9 Å². The summed E-state index contributed by atoms with van der Waals surface area (Å²) >= 11 is 0. The normalized spacial score (nSPS) is 24.9. The Bertz CT molecular complexity index is 798. The van der Waals surface area contributed by atoms with Crippen molar-refractivity contribution in [2.24, 2.45) is 0 Å². The van der Waals surface area contributed by atoms with Crippen LogP contribution in [0.3, 0.4) is 0 Å². The molecule has 12 heteroatoms. The molecule has 34 heavy (non-hydrogen) atoms. The highest BCUT2D eigenvalue weighted by Gasteiger charge is 2.43. The Morgan fingerprint density at radius 2 is 1.68 bits per heavy atom. The minimum Gasteiger partial charge on any atom is -0.497 e. The standard InChI is InChI=1S/C22H34N4O8/c1-31-15-9-14(10-16(11-15)32-2)25-22(30)24-13-18-21(29)20(28)17(34-18)12-19(27)23-3-4-26-5-7-33-8-6-26/h9-11,17-18,20-21,28-29H,3-8,12-13H2,1-2H3,(H,23,27)(H2,24,25,30)/t17-,18+,20-,21+/m0/s1. The van der Waals surface area contributed by atoms with Gasteiger partial charge < -0.3 is 45.1 Å². The van der Waals surface area contributed by atoms with Crippen LogP contribution < -0.4 is 25.4 Å². The monoisotopic (exact) mass is 482 g/mol. The highest BCUT2D eigenvalue weighted by molar-refractivity contribution is 5.89. The van der Waals surface area contributed by atoms with E-state index in [1.54, 1.807) is 18.2 Å². The first-order chi connectivity index (χ1) is 16.4. The molecule has 1 aromatic carbocycles. The van der Waals surface area contributed by atoms with Crippen molar-refractivity contribution >= 4 is 17.6 Å². The number of morpholine rings is 1. The Hall–Kier alpha value is -2.64. The third-order valence-corrected chi connectivity index (χ3v) is 5.77. The molecule has 190 valence electrons. The Labute approximate surface area is 198 Å². The van der Waals surface area contributed by atoms with Gasteiger partial charge in [-0.2, -0.15) is 0 Å². The molecule has 4 atom stereocenters. The second kappa shape index (κ2) is 12.7. The third-order valence-electron chi connectivity index (χ3n) is 5.77. The van der Waals surface area contributed by atoms with Gasteiger partial charge in [0.1, 0.15) is 29.8 Å². The van der Waals surface area contributed by atoms with E-state index in [4.69, 9.17) is 18.9 Å². The summed E-state index contributed by atoms with van der Waals surface area (Å²) in [6, 6.07) is 4.39. The van der Waals surface area contributed by atoms with Crippen molar-refractivity contribution in [3.05, 3.63) is 18.2 Å². The topological polar surface area (TPSA) is 151 Å². The molecular formula is C22H34N4O8. The molecule has 0 spiro atoms. The highest BCUT2D eigenvalue weighted by Crippen LogP contribution is 2.26. The lowest BCUT2D eigenvalue weighted by atomic mass is 10.1. The largest absolute Gasteiger partial charge is 0.497 e. The average Bonchev–Trinajstić information content (AvgIpc) is 3.10. The molecule has 0 radical (unpaired) electrons. The van der Waals surface area contributed by atoms with Crippen molar-refractivity contribution in [3.8, 4) is 11.5 Å². The summed E-state index contributed by atoms with van der Waals surface area (Å²) in [5, 5.41) is 28.6. The van der Waals surface area contributed by atoms with Crippen LogP contribution in [0.2, 0.25) is 0 Å². The fourth-order valence-corrected chi connectivity index (χ4v) is 3.84. The number of ether oxygens (including phenoxy) is 4. The number of anilines is 1. The molecule has 0 saturated carbocycles. The number of nitrogens with zero attached hydrogens (tertiary/aromatic N) is 1. The predicted molar refractivity (Wildman–Crippen MR) is 122 cm³/mol. The lowest BCUT2D eigenvalue weighted by Crippen LogP contribution is -2.42. The number of amides is 3. The minimum absolute atomic E-state index is 0.0552. The number of hydrogen-bond acceptors (Lipinski definition) is 9. The number of hydrogen-bond donors (Lipinski definition) is 5. The first-order valence-electron chi connectivity index (χ1n) is 11.3. The third kappa shape index (κ3) is 7.43. The van der Waals surface area contributed by atoms with Gasteiger partial charge in [0.2, 0.25) is 5.91 Å². The molecule has 2 aliphatic rings. The quantitative estimate of drug-likeness (QED) is 0.287. The molecule has 3 amide bonds. The van der Waals surface area contributed by atoms with Crippen LogP contribution in [0.1, 0.15) is 6.42 Å². The molecule has 2 fully saturated rings. The van der Waals surface area contributed by atoms with Gasteiger partial charge in [0.05, 0.1) is 40.0 Å². The zero-order valence-corrected chi connectivity index (χ0v) is 19.5. The maximum Gasteiger partial charge on any atom is 0.319 e. The van der Waals surface area contributed by atoms with Gasteiger partial charge in [0.25, 0.3) is 0 Å². The number of aliphatic hydroxyl groups is 2. The zero-order chi connectivity index (χ0) is 24.5. The number of carbonyl (C=O) groups is 2. The van der Waals surface area contributed by atoms with Crippen LogP contribution in [0.4, 0.5) is 10.5 Å². The van der Waals surface area contributed by atoms with E-state index in [1.807, 2.05) is 0 Å². The number of urea groups is 1. The van der Waals surface area contributed by atoms with Crippen LogP contribution >= 0.6 is 0 Å². The summed E-state index contributed by atoms with van der Waals surface area (Å²) in [5.74, 6) is 0.750. The Morgan fingerprint density at radius 3 is 2.32 bits per heavy atom. The molecule has 1 aromatic rings. The van der Waals surface area contributed by atoms with Gasteiger partial charge in [-0.1, -0.05) is 0 Å². The van der Waals surface area contributed by atoms with Crippen molar-refractivity contribution in [2.45, 2.75) is 30.8 Å². The van der Waals surface area contributed by atoms with Gasteiger partial charge in [0.15, 0.2) is 0 Å². The second-order valence-electron chi connectivity index (χ2n) is 8.14. The fraction of sp³-hybridized carbons (Fsp3) is 0.636. The maximum atomic E-state index is 12.3. The minimum atomic E-state index is -1.23.